The number of hydrogen-bond donors (Lipinski definition) is 2. The van der Waals surface area contributed by atoms with Gasteiger partial charge in [0.25, 0.3) is 0 Å². The molecule has 1 amide bonds. The van der Waals surface area contributed by atoms with Crippen molar-refractivity contribution in [1.82, 2.24) is 4.90 Å². The van der Waals surface area contributed by atoms with Gasteiger partial charge in [-0.25, -0.2) is 0 Å². The fourth-order valence-electron chi connectivity index (χ4n) is 1.34. The number of nitrogens with two attached hydrogens (primary N) is 1. The number of carbonyl (C=O) groups is 1. The van der Waals surface area contributed by atoms with Crippen molar-refractivity contribution in [2.75, 3.05) is 13.1 Å². The molecule has 0 saturated heterocycles. The lowest BCUT2D eigenvalue weighted by Gasteiger charge is -2.25. The van der Waals surface area contributed by atoms with Crippen LogP contribution in [0.5, 0.6) is 0 Å². The monoisotopic (exact) mass is 269 g/mol. The molecule has 0 aliphatic heterocycles. The average molecular weight is 269 g/mol. The summed E-state index contributed by atoms with van der Waals surface area (Å²) in [4.78, 5) is 12.5. The fourth-order valence-corrected chi connectivity index (χ4v) is 1.34. The van der Waals surface area contributed by atoms with Gasteiger partial charge in [0.15, 0.2) is 0 Å². The highest BCUT2D eigenvalue weighted by molar-refractivity contribution is 5.81. The topological polar surface area (TPSA) is 78.9 Å². The van der Waals surface area contributed by atoms with Gasteiger partial charge in [0.2, 0.25) is 5.91 Å². The SMILES string of the molecule is CC(C)CN(CCC(N)=NO)C(=O)CC(F)(F)F. The second-order valence-corrected chi connectivity index (χ2v) is 4.37. The zero-order valence-corrected chi connectivity index (χ0v) is 10.4. The summed E-state index contributed by atoms with van der Waals surface area (Å²) in [6.45, 7) is 3.78. The van der Waals surface area contributed by atoms with Crippen LogP contribution >= 0.6 is 0 Å². The number of carbonyl (C=O) groups excluding carboxylic acids is 1. The maximum atomic E-state index is 12.1. The van der Waals surface area contributed by atoms with Crippen LogP contribution in [0, 0.1) is 5.92 Å². The smallest absolute Gasteiger partial charge is 0.397 e. The largest absolute Gasteiger partial charge is 0.409 e. The number of nitrogens with zero attached hydrogens (tertiary/aromatic N) is 2. The molecule has 0 radical (unpaired) electrons. The van der Waals surface area contributed by atoms with Gasteiger partial charge in [-0.3, -0.25) is 4.79 Å². The Hall–Kier alpha value is -1.47. The van der Waals surface area contributed by atoms with Crippen LogP contribution in [0.3, 0.4) is 0 Å². The van der Waals surface area contributed by atoms with E-state index in [9.17, 15) is 18.0 Å². The minimum atomic E-state index is -4.52. The van der Waals surface area contributed by atoms with Crippen molar-refractivity contribution in [1.29, 1.82) is 0 Å². The number of hydrogen-bond acceptors (Lipinski definition) is 3. The van der Waals surface area contributed by atoms with Gasteiger partial charge in [0, 0.05) is 19.5 Å². The lowest BCUT2D eigenvalue weighted by molar-refractivity contribution is -0.161. The molecule has 0 rings (SSSR count). The molecule has 3 N–H and O–H groups in total. The van der Waals surface area contributed by atoms with Crippen molar-refractivity contribution in [3.05, 3.63) is 0 Å². The molecule has 0 aliphatic rings. The summed E-state index contributed by atoms with van der Waals surface area (Å²) in [6, 6.07) is 0. The summed E-state index contributed by atoms with van der Waals surface area (Å²) >= 11 is 0. The summed E-state index contributed by atoms with van der Waals surface area (Å²) in [7, 11) is 0. The third-order valence-corrected chi connectivity index (χ3v) is 2.06. The number of halogens is 3. The summed E-state index contributed by atoms with van der Waals surface area (Å²) in [5.74, 6) is -1.08. The van der Waals surface area contributed by atoms with Crippen LogP contribution in [0.1, 0.15) is 26.7 Å². The van der Waals surface area contributed by atoms with E-state index in [-0.39, 0.29) is 31.3 Å². The van der Waals surface area contributed by atoms with Crippen LogP contribution in [0.2, 0.25) is 0 Å². The first kappa shape index (κ1) is 16.5. The van der Waals surface area contributed by atoms with E-state index in [0.29, 0.717) is 0 Å². The maximum Gasteiger partial charge on any atom is 0.397 e. The molecule has 18 heavy (non-hydrogen) atoms. The van der Waals surface area contributed by atoms with Crippen molar-refractivity contribution in [2.24, 2.45) is 16.8 Å². The molecule has 0 aromatic carbocycles. The molecule has 0 aliphatic carbocycles. The Kier molecular flexibility index (Phi) is 6.50. The standard InChI is InChI=1S/C10H18F3N3O2/c1-7(2)6-16(4-3-8(14)15-18)9(17)5-10(11,12)13/h7,18H,3-6H2,1-2H3,(H2,14,15). The van der Waals surface area contributed by atoms with E-state index in [0.717, 1.165) is 4.90 Å². The molecule has 0 saturated carbocycles. The van der Waals surface area contributed by atoms with Crippen molar-refractivity contribution < 1.29 is 23.2 Å². The highest BCUT2D eigenvalue weighted by Crippen LogP contribution is 2.21. The molecule has 106 valence electrons. The molecule has 8 heteroatoms. The third kappa shape index (κ3) is 7.75. The first-order valence-corrected chi connectivity index (χ1v) is 5.46. The predicted molar refractivity (Wildman–Crippen MR) is 60.1 cm³/mol. The molecule has 0 atom stereocenters. The van der Waals surface area contributed by atoms with E-state index in [4.69, 9.17) is 10.9 Å². The first-order valence-electron chi connectivity index (χ1n) is 5.46. The fraction of sp³-hybridized carbons (Fsp3) is 0.800. The lowest BCUT2D eigenvalue weighted by atomic mass is 10.2. The molecular weight excluding hydrogens is 251 g/mol. The molecule has 0 bridgehead atoms. The number of oxime groups is 1. The highest BCUT2D eigenvalue weighted by atomic mass is 19.4. The van der Waals surface area contributed by atoms with Gasteiger partial charge < -0.3 is 15.8 Å². The van der Waals surface area contributed by atoms with Gasteiger partial charge in [-0.15, -0.1) is 0 Å². The normalized spacial score (nSPS) is 12.9. The summed E-state index contributed by atoms with van der Waals surface area (Å²) in [5, 5.41) is 11.0. The van der Waals surface area contributed by atoms with E-state index >= 15 is 0 Å². The van der Waals surface area contributed by atoms with Crippen LogP contribution in [0.25, 0.3) is 0 Å². The molecule has 0 spiro atoms. The number of rotatable bonds is 6. The lowest BCUT2D eigenvalue weighted by Crippen LogP contribution is -2.38. The number of amides is 1. The van der Waals surface area contributed by atoms with Gasteiger partial charge in [0.05, 0.1) is 0 Å². The van der Waals surface area contributed by atoms with E-state index in [2.05, 4.69) is 5.16 Å². The Morgan fingerprint density at radius 3 is 2.39 bits per heavy atom. The number of amidine groups is 1. The summed E-state index contributed by atoms with van der Waals surface area (Å²) < 4.78 is 36.4. The summed E-state index contributed by atoms with van der Waals surface area (Å²) in [6.07, 6.45) is -5.98. The molecule has 0 fully saturated rings. The molecule has 5 nitrogen and oxygen atoms in total. The second kappa shape index (κ2) is 7.07. The van der Waals surface area contributed by atoms with Crippen LogP contribution in [-0.4, -0.2) is 41.1 Å². The van der Waals surface area contributed by atoms with Crippen molar-refractivity contribution in [2.45, 2.75) is 32.9 Å². The second-order valence-electron chi connectivity index (χ2n) is 4.37. The zero-order valence-electron chi connectivity index (χ0n) is 10.4. The van der Waals surface area contributed by atoms with Crippen LogP contribution in [-0.2, 0) is 4.79 Å². The summed E-state index contributed by atoms with van der Waals surface area (Å²) in [5.41, 5.74) is 5.22. The Balaban J connectivity index is 4.52. The van der Waals surface area contributed by atoms with Crippen LogP contribution < -0.4 is 5.73 Å². The third-order valence-electron chi connectivity index (χ3n) is 2.06. The first-order chi connectivity index (χ1) is 8.15. The Bertz CT molecular complexity index is 303. The molecule has 0 unspecified atom stereocenters. The minimum Gasteiger partial charge on any atom is -0.409 e. The van der Waals surface area contributed by atoms with Gasteiger partial charge in [0.1, 0.15) is 12.3 Å². The highest BCUT2D eigenvalue weighted by Gasteiger charge is 2.33. The van der Waals surface area contributed by atoms with E-state index in [1.165, 1.54) is 0 Å². The van der Waals surface area contributed by atoms with E-state index in [1.54, 1.807) is 13.8 Å². The van der Waals surface area contributed by atoms with E-state index < -0.39 is 18.5 Å². The zero-order chi connectivity index (χ0) is 14.3. The average Bonchev–Trinajstić information content (AvgIpc) is 2.20. The Labute approximate surface area is 103 Å². The quantitative estimate of drug-likeness (QED) is 0.332. The van der Waals surface area contributed by atoms with Crippen molar-refractivity contribution in [3.8, 4) is 0 Å². The van der Waals surface area contributed by atoms with Crippen LogP contribution in [0.15, 0.2) is 5.16 Å². The minimum absolute atomic E-state index is 0.00296. The molecule has 0 aromatic rings. The number of alkyl halides is 3. The van der Waals surface area contributed by atoms with Crippen molar-refractivity contribution >= 4 is 11.7 Å². The van der Waals surface area contributed by atoms with Gasteiger partial charge >= 0.3 is 6.18 Å². The Morgan fingerprint density at radius 1 is 1.44 bits per heavy atom. The maximum absolute atomic E-state index is 12.1. The van der Waals surface area contributed by atoms with E-state index in [1.807, 2.05) is 0 Å². The van der Waals surface area contributed by atoms with Gasteiger partial charge in [-0.1, -0.05) is 19.0 Å². The van der Waals surface area contributed by atoms with Gasteiger partial charge in [-0.05, 0) is 5.92 Å². The van der Waals surface area contributed by atoms with Gasteiger partial charge in [-0.2, -0.15) is 13.2 Å². The molecule has 0 heterocycles. The molecular formula is C10H18F3N3O2. The predicted octanol–water partition coefficient (Wildman–Crippen LogP) is 1.56. The van der Waals surface area contributed by atoms with Crippen molar-refractivity contribution in [3.63, 3.8) is 0 Å². The van der Waals surface area contributed by atoms with Crippen LogP contribution in [0.4, 0.5) is 13.2 Å². The molecule has 0 aromatic heterocycles. The Morgan fingerprint density at radius 2 is 2.00 bits per heavy atom.